The van der Waals surface area contributed by atoms with Crippen molar-refractivity contribution >= 4 is 0 Å². The van der Waals surface area contributed by atoms with Gasteiger partial charge in [-0.05, 0) is 19.8 Å². The van der Waals surface area contributed by atoms with Gasteiger partial charge in [0.25, 0.3) is 0 Å². The molecular formula is C12H21N3O. The lowest BCUT2D eigenvalue weighted by atomic mass is 9.92. The van der Waals surface area contributed by atoms with E-state index in [1.165, 1.54) is 0 Å². The van der Waals surface area contributed by atoms with Gasteiger partial charge in [0.2, 0.25) is 0 Å². The Labute approximate surface area is 97.0 Å². The fourth-order valence-corrected chi connectivity index (χ4v) is 2.11. The third-order valence-corrected chi connectivity index (χ3v) is 3.42. The minimum absolute atomic E-state index is 0.253. The van der Waals surface area contributed by atoms with E-state index in [9.17, 15) is 0 Å². The van der Waals surface area contributed by atoms with E-state index in [-0.39, 0.29) is 5.54 Å². The summed E-state index contributed by atoms with van der Waals surface area (Å²) in [5.41, 5.74) is 0.253. The summed E-state index contributed by atoms with van der Waals surface area (Å²) in [6.45, 7) is 5.03. The highest BCUT2D eigenvalue weighted by atomic mass is 16.5. The third-order valence-electron chi connectivity index (χ3n) is 3.42. The topological polar surface area (TPSA) is 39.1 Å². The molecule has 1 saturated heterocycles. The molecule has 4 nitrogen and oxygen atoms in total. The quantitative estimate of drug-likeness (QED) is 0.831. The minimum Gasteiger partial charge on any atom is -0.381 e. The second-order valence-corrected chi connectivity index (χ2v) is 4.80. The van der Waals surface area contributed by atoms with Crippen molar-refractivity contribution in [1.29, 1.82) is 0 Å². The predicted molar refractivity (Wildman–Crippen MR) is 63.4 cm³/mol. The zero-order valence-corrected chi connectivity index (χ0v) is 10.2. The molecule has 0 unspecified atom stereocenters. The first-order valence-electron chi connectivity index (χ1n) is 5.99. The molecule has 2 rings (SSSR count). The summed E-state index contributed by atoms with van der Waals surface area (Å²) in [6, 6.07) is 0. The number of hydrogen-bond acceptors (Lipinski definition) is 3. The number of nitrogens with zero attached hydrogens (tertiary/aromatic N) is 2. The van der Waals surface area contributed by atoms with E-state index < -0.39 is 0 Å². The lowest BCUT2D eigenvalue weighted by Crippen LogP contribution is -2.47. The molecule has 0 radical (unpaired) electrons. The van der Waals surface area contributed by atoms with Gasteiger partial charge < -0.3 is 14.6 Å². The molecule has 0 amide bonds. The fourth-order valence-electron chi connectivity index (χ4n) is 2.11. The van der Waals surface area contributed by atoms with Crippen LogP contribution in [0.4, 0.5) is 0 Å². The van der Waals surface area contributed by atoms with Gasteiger partial charge in [-0.25, -0.2) is 4.98 Å². The average molecular weight is 223 g/mol. The van der Waals surface area contributed by atoms with E-state index in [1.54, 1.807) is 0 Å². The van der Waals surface area contributed by atoms with Gasteiger partial charge in [0.15, 0.2) is 0 Å². The lowest BCUT2D eigenvalue weighted by Gasteiger charge is -2.34. The SMILES string of the molecule is Cn1ccnc1CCNC1(C)CCOCC1. The van der Waals surface area contributed by atoms with Crippen molar-refractivity contribution < 1.29 is 4.74 Å². The van der Waals surface area contributed by atoms with E-state index in [4.69, 9.17) is 4.74 Å². The van der Waals surface area contributed by atoms with Gasteiger partial charge in [0.05, 0.1) is 0 Å². The van der Waals surface area contributed by atoms with Gasteiger partial charge >= 0.3 is 0 Å². The van der Waals surface area contributed by atoms with E-state index in [0.717, 1.165) is 44.8 Å². The molecule has 1 N–H and O–H groups in total. The highest BCUT2D eigenvalue weighted by Gasteiger charge is 2.26. The Morgan fingerprint density at radius 1 is 1.50 bits per heavy atom. The van der Waals surface area contributed by atoms with Crippen molar-refractivity contribution in [3.05, 3.63) is 18.2 Å². The molecule has 0 atom stereocenters. The van der Waals surface area contributed by atoms with E-state index >= 15 is 0 Å². The standard InChI is InChI=1S/C12H21N3O/c1-12(4-9-16-10-5-12)14-6-3-11-13-7-8-15(11)2/h7-8,14H,3-6,9-10H2,1-2H3. The van der Waals surface area contributed by atoms with Crippen LogP contribution in [-0.2, 0) is 18.2 Å². The molecular weight excluding hydrogens is 202 g/mol. The van der Waals surface area contributed by atoms with Gasteiger partial charge in [0, 0.05) is 51.2 Å². The number of aromatic nitrogens is 2. The van der Waals surface area contributed by atoms with Crippen LogP contribution in [0.3, 0.4) is 0 Å². The van der Waals surface area contributed by atoms with E-state index in [1.807, 2.05) is 19.4 Å². The number of ether oxygens (including phenoxy) is 1. The molecule has 0 bridgehead atoms. The van der Waals surface area contributed by atoms with Gasteiger partial charge in [-0.2, -0.15) is 0 Å². The molecule has 16 heavy (non-hydrogen) atoms. The third kappa shape index (κ3) is 2.83. The van der Waals surface area contributed by atoms with Crippen molar-refractivity contribution in [3.63, 3.8) is 0 Å². The van der Waals surface area contributed by atoms with Crippen LogP contribution >= 0.6 is 0 Å². The maximum Gasteiger partial charge on any atom is 0.109 e. The van der Waals surface area contributed by atoms with Crippen molar-refractivity contribution in [2.75, 3.05) is 19.8 Å². The molecule has 1 aromatic rings. The molecule has 1 aromatic heterocycles. The Hall–Kier alpha value is -0.870. The molecule has 1 fully saturated rings. The number of hydrogen-bond donors (Lipinski definition) is 1. The molecule has 2 heterocycles. The Morgan fingerprint density at radius 3 is 2.88 bits per heavy atom. The first-order valence-corrected chi connectivity index (χ1v) is 5.99. The highest BCUT2D eigenvalue weighted by molar-refractivity contribution is 4.93. The largest absolute Gasteiger partial charge is 0.381 e. The van der Waals surface area contributed by atoms with Crippen LogP contribution in [0.2, 0.25) is 0 Å². The summed E-state index contributed by atoms with van der Waals surface area (Å²) in [7, 11) is 2.04. The summed E-state index contributed by atoms with van der Waals surface area (Å²) in [5.74, 6) is 1.14. The molecule has 1 aliphatic heterocycles. The summed E-state index contributed by atoms with van der Waals surface area (Å²) < 4.78 is 7.46. The zero-order chi connectivity index (χ0) is 11.4. The van der Waals surface area contributed by atoms with Gasteiger partial charge in [-0.15, -0.1) is 0 Å². The van der Waals surface area contributed by atoms with Gasteiger partial charge in [0.1, 0.15) is 5.82 Å². The number of nitrogens with one attached hydrogen (secondary N) is 1. The van der Waals surface area contributed by atoms with Crippen LogP contribution in [0.15, 0.2) is 12.4 Å². The first-order chi connectivity index (χ1) is 7.70. The van der Waals surface area contributed by atoms with Gasteiger partial charge in [-0.3, -0.25) is 0 Å². The second-order valence-electron chi connectivity index (χ2n) is 4.80. The van der Waals surface area contributed by atoms with E-state index in [2.05, 4.69) is 21.8 Å². The molecule has 1 aliphatic rings. The summed E-state index contributed by atoms with van der Waals surface area (Å²) >= 11 is 0. The smallest absolute Gasteiger partial charge is 0.109 e. The van der Waals surface area contributed by atoms with Crippen LogP contribution in [0.5, 0.6) is 0 Å². The number of rotatable bonds is 4. The Morgan fingerprint density at radius 2 is 2.25 bits per heavy atom. The zero-order valence-electron chi connectivity index (χ0n) is 10.2. The first kappa shape index (κ1) is 11.6. The Bertz CT molecular complexity index is 329. The van der Waals surface area contributed by atoms with Crippen LogP contribution in [0, 0.1) is 0 Å². The van der Waals surface area contributed by atoms with Crippen molar-refractivity contribution in [2.24, 2.45) is 7.05 Å². The van der Waals surface area contributed by atoms with Crippen LogP contribution in [0.25, 0.3) is 0 Å². The van der Waals surface area contributed by atoms with Crippen LogP contribution < -0.4 is 5.32 Å². The summed E-state index contributed by atoms with van der Waals surface area (Å²) in [6.07, 6.45) is 7.04. The highest BCUT2D eigenvalue weighted by Crippen LogP contribution is 2.19. The minimum atomic E-state index is 0.253. The maximum absolute atomic E-state index is 5.38. The monoisotopic (exact) mass is 223 g/mol. The Balaban J connectivity index is 1.77. The molecule has 0 aromatic carbocycles. The average Bonchev–Trinajstić information content (AvgIpc) is 2.65. The fraction of sp³-hybridized carbons (Fsp3) is 0.750. The van der Waals surface area contributed by atoms with Crippen molar-refractivity contribution in [1.82, 2.24) is 14.9 Å². The normalized spacial score (nSPS) is 19.9. The molecule has 0 saturated carbocycles. The second kappa shape index (κ2) is 4.97. The van der Waals surface area contributed by atoms with Crippen molar-refractivity contribution in [2.45, 2.75) is 31.7 Å². The van der Waals surface area contributed by atoms with E-state index in [0.29, 0.717) is 0 Å². The molecule has 90 valence electrons. The maximum atomic E-state index is 5.38. The van der Waals surface area contributed by atoms with Crippen molar-refractivity contribution in [3.8, 4) is 0 Å². The lowest BCUT2D eigenvalue weighted by molar-refractivity contribution is 0.0455. The van der Waals surface area contributed by atoms with Crippen LogP contribution in [0.1, 0.15) is 25.6 Å². The summed E-state index contributed by atoms with van der Waals surface area (Å²) in [4.78, 5) is 4.32. The molecule has 4 heteroatoms. The number of imidazole rings is 1. The molecule has 0 aliphatic carbocycles. The summed E-state index contributed by atoms with van der Waals surface area (Å²) in [5, 5.41) is 3.63. The van der Waals surface area contributed by atoms with Gasteiger partial charge in [-0.1, -0.05) is 0 Å². The Kier molecular flexibility index (Phi) is 3.61. The predicted octanol–water partition coefficient (Wildman–Crippen LogP) is 1.12. The van der Waals surface area contributed by atoms with Crippen LogP contribution in [-0.4, -0.2) is 34.8 Å². The number of aryl methyl sites for hydroxylation is 1. The molecule has 0 spiro atoms.